The number of aromatic nitrogens is 1. The molecule has 7 heteroatoms. The predicted molar refractivity (Wildman–Crippen MR) is 89.0 cm³/mol. The van der Waals surface area contributed by atoms with Gasteiger partial charge in [-0.3, -0.25) is 0 Å². The Hall–Kier alpha value is -2.02. The van der Waals surface area contributed by atoms with Gasteiger partial charge < -0.3 is 14.5 Å². The highest BCUT2D eigenvalue weighted by molar-refractivity contribution is 9.10. The highest BCUT2D eigenvalue weighted by Gasteiger charge is 2.24. The molecule has 1 amide bonds. The maximum absolute atomic E-state index is 11.5. The number of rotatable bonds is 6. The third-order valence-electron chi connectivity index (χ3n) is 3.24. The van der Waals surface area contributed by atoms with Crippen molar-refractivity contribution >= 4 is 22.0 Å². The first kappa shape index (κ1) is 17.3. The zero-order valence-corrected chi connectivity index (χ0v) is 14.8. The SMILES string of the molecule is CC(C)CC(C)N(Oc1ccc(Br)cc1-c1ccno1)C(=O)O. The minimum atomic E-state index is -1.13. The molecule has 0 spiro atoms. The Morgan fingerprint density at radius 2 is 2.13 bits per heavy atom. The number of carboxylic acid groups (broad SMARTS) is 1. The Bertz CT molecular complexity index is 658. The van der Waals surface area contributed by atoms with Crippen LogP contribution in [0.1, 0.15) is 27.2 Å². The normalized spacial score (nSPS) is 12.2. The van der Waals surface area contributed by atoms with Crippen molar-refractivity contribution in [2.24, 2.45) is 5.92 Å². The zero-order chi connectivity index (χ0) is 17.0. The first-order valence-corrected chi connectivity index (χ1v) is 8.08. The maximum Gasteiger partial charge on any atom is 0.440 e. The number of hydroxylamine groups is 2. The molecule has 1 N–H and O–H groups in total. The van der Waals surface area contributed by atoms with Gasteiger partial charge in [0.2, 0.25) is 0 Å². The summed E-state index contributed by atoms with van der Waals surface area (Å²) in [7, 11) is 0. The van der Waals surface area contributed by atoms with Crippen molar-refractivity contribution in [3.8, 4) is 17.1 Å². The Balaban J connectivity index is 2.32. The molecule has 6 nitrogen and oxygen atoms in total. The average Bonchev–Trinajstić information content (AvgIpc) is 2.98. The molecule has 0 aliphatic heterocycles. The molecule has 2 aromatic rings. The minimum absolute atomic E-state index is 0.279. The molecular formula is C16H19BrN2O4. The highest BCUT2D eigenvalue weighted by atomic mass is 79.9. The largest absolute Gasteiger partial charge is 0.463 e. The average molecular weight is 383 g/mol. The van der Waals surface area contributed by atoms with Crippen molar-refractivity contribution in [1.29, 1.82) is 0 Å². The Labute approximate surface area is 143 Å². The van der Waals surface area contributed by atoms with E-state index >= 15 is 0 Å². The fourth-order valence-corrected chi connectivity index (χ4v) is 2.69. The highest BCUT2D eigenvalue weighted by Crippen LogP contribution is 2.33. The smallest absolute Gasteiger partial charge is 0.440 e. The van der Waals surface area contributed by atoms with Crippen LogP contribution in [0.5, 0.6) is 5.75 Å². The molecule has 0 bridgehead atoms. The molecule has 0 saturated carbocycles. The van der Waals surface area contributed by atoms with Crippen LogP contribution in [-0.2, 0) is 0 Å². The predicted octanol–water partition coefficient (Wildman–Crippen LogP) is 4.81. The molecule has 1 aromatic carbocycles. The van der Waals surface area contributed by atoms with Gasteiger partial charge in [0.1, 0.15) is 0 Å². The summed E-state index contributed by atoms with van der Waals surface area (Å²) in [4.78, 5) is 17.2. The van der Waals surface area contributed by atoms with E-state index in [-0.39, 0.29) is 6.04 Å². The molecule has 1 unspecified atom stereocenters. The van der Waals surface area contributed by atoms with Crippen molar-refractivity contribution < 1.29 is 19.3 Å². The van der Waals surface area contributed by atoms with E-state index in [0.29, 0.717) is 29.4 Å². The number of carbonyl (C=O) groups is 1. The van der Waals surface area contributed by atoms with Crippen molar-refractivity contribution in [3.05, 3.63) is 34.9 Å². The molecule has 2 rings (SSSR count). The Morgan fingerprint density at radius 3 is 2.70 bits per heavy atom. The molecule has 0 aliphatic rings. The standard InChI is InChI=1S/C16H19BrN2O4/c1-10(2)8-11(3)19(16(20)21)23-15-5-4-12(17)9-13(15)14-6-7-18-22-14/h4-7,9-11H,8H2,1-3H3,(H,20,21). The lowest BCUT2D eigenvalue weighted by molar-refractivity contribution is -0.0678. The van der Waals surface area contributed by atoms with Crippen LogP contribution in [0.3, 0.4) is 0 Å². The number of amides is 1. The summed E-state index contributed by atoms with van der Waals surface area (Å²) in [5, 5.41) is 14.1. The summed E-state index contributed by atoms with van der Waals surface area (Å²) in [6.07, 6.45) is 1.08. The fraction of sp³-hybridized carbons (Fsp3) is 0.375. The van der Waals surface area contributed by atoms with Crippen LogP contribution in [0.4, 0.5) is 4.79 Å². The second-order valence-electron chi connectivity index (χ2n) is 5.70. The van der Waals surface area contributed by atoms with Crippen molar-refractivity contribution in [2.45, 2.75) is 33.2 Å². The van der Waals surface area contributed by atoms with Crippen molar-refractivity contribution in [1.82, 2.24) is 10.2 Å². The van der Waals surface area contributed by atoms with Gasteiger partial charge in [-0.1, -0.05) is 34.9 Å². The van der Waals surface area contributed by atoms with E-state index in [1.165, 1.54) is 6.20 Å². The summed E-state index contributed by atoms with van der Waals surface area (Å²) in [5.74, 6) is 1.25. The molecule has 124 valence electrons. The quantitative estimate of drug-likeness (QED) is 0.725. The van der Waals surface area contributed by atoms with Crippen LogP contribution in [0, 0.1) is 5.92 Å². The van der Waals surface area contributed by atoms with E-state index < -0.39 is 6.09 Å². The van der Waals surface area contributed by atoms with Gasteiger partial charge in [0, 0.05) is 10.5 Å². The van der Waals surface area contributed by atoms with Gasteiger partial charge in [0.15, 0.2) is 11.5 Å². The monoisotopic (exact) mass is 382 g/mol. The summed E-state index contributed by atoms with van der Waals surface area (Å²) in [5.41, 5.74) is 0.625. The van der Waals surface area contributed by atoms with Crippen LogP contribution in [0.15, 0.2) is 39.5 Å². The van der Waals surface area contributed by atoms with E-state index in [0.717, 1.165) is 9.54 Å². The molecule has 0 saturated heterocycles. The van der Waals surface area contributed by atoms with Gasteiger partial charge in [-0.2, -0.15) is 0 Å². The van der Waals surface area contributed by atoms with Gasteiger partial charge in [0.25, 0.3) is 0 Å². The van der Waals surface area contributed by atoms with Gasteiger partial charge in [-0.25, -0.2) is 4.79 Å². The topological polar surface area (TPSA) is 75.8 Å². The van der Waals surface area contributed by atoms with E-state index in [9.17, 15) is 9.90 Å². The molecule has 23 heavy (non-hydrogen) atoms. The van der Waals surface area contributed by atoms with Gasteiger partial charge >= 0.3 is 6.09 Å². The second-order valence-corrected chi connectivity index (χ2v) is 6.61. The summed E-state index contributed by atoms with van der Waals surface area (Å²) < 4.78 is 5.99. The lowest BCUT2D eigenvalue weighted by Crippen LogP contribution is -2.41. The third-order valence-corrected chi connectivity index (χ3v) is 3.74. The minimum Gasteiger partial charge on any atom is -0.463 e. The molecule has 1 aromatic heterocycles. The van der Waals surface area contributed by atoms with E-state index in [4.69, 9.17) is 9.36 Å². The van der Waals surface area contributed by atoms with Crippen LogP contribution < -0.4 is 4.84 Å². The van der Waals surface area contributed by atoms with Crippen LogP contribution in [-0.4, -0.2) is 27.5 Å². The van der Waals surface area contributed by atoms with Crippen molar-refractivity contribution in [3.63, 3.8) is 0 Å². The lowest BCUT2D eigenvalue weighted by Gasteiger charge is -2.27. The number of hydrogen-bond acceptors (Lipinski definition) is 4. The molecule has 0 fully saturated rings. The molecular weight excluding hydrogens is 364 g/mol. The molecule has 1 heterocycles. The number of hydrogen-bond donors (Lipinski definition) is 1. The summed E-state index contributed by atoms with van der Waals surface area (Å²) in [6.45, 7) is 5.90. The third kappa shape index (κ3) is 4.48. The summed E-state index contributed by atoms with van der Waals surface area (Å²) >= 11 is 3.39. The van der Waals surface area contributed by atoms with Gasteiger partial charge in [-0.15, -0.1) is 5.06 Å². The van der Waals surface area contributed by atoms with Gasteiger partial charge in [0.05, 0.1) is 17.8 Å². The van der Waals surface area contributed by atoms with E-state index in [2.05, 4.69) is 21.1 Å². The maximum atomic E-state index is 11.5. The number of halogens is 1. The van der Waals surface area contributed by atoms with Crippen molar-refractivity contribution in [2.75, 3.05) is 0 Å². The lowest BCUT2D eigenvalue weighted by atomic mass is 10.1. The number of nitrogens with zero attached hydrogens (tertiary/aromatic N) is 2. The zero-order valence-electron chi connectivity index (χ0n) is 13.2. The Morgan fingerprint density at radius 1 is 1.39 bits per heavy atom. The summed E-state index contributed by atoms with van der Waals surface area (Å²) in [6, 6.07) is 6.68. The van der Waals surface area contributed by atoms with Gasteiger partial charge in [-0.05, 0) is 37.5 Å². The molecule has 1 atom stereocenters. The van der Waals surface area contributed by atoms with E-state index in [1.807, 2.05) is 20.8 Å². The fourth-order valence-electron chi connectivity index (χ4n) is 2.33. The van der Waals surface area contributed by atoms with Crippen LogP contribution in [0.25, 0.3) is 11.3 Å². The molecule has 0 aliphatic carbocycles. The first-order chi connectivity index (χ1) is 10.9. The molecule has 0 radical (unpaired) electrons. The van der Waals surface area contributed by atoms with Crippen LogP contribution >= 0.6 is 15.9 Å². The van der Waals surface area contributed by atoms with Crippen LogP contribution in [0.2, 0.25) is 0 Å². The second kappa shape index (κ2) is 7.50. The Kier molecular flexibility index (Phi) is 5.65. The van der Waals surface area contributed by atoms with E-state index in [1.54, 1.807) is 24.3 Å². The number of benzene rings is 1. The first-order valence-electron chi connectivity index (χ1n) is 7.29.